The first-order valence-corrected chi connectivity index (χ1v) is 10.6. The van der Waals surface area contributed by atoms with E-state index in [4.69, 9.17) is 16.3 Å². The third kappa shape index (κ3) is 4.78. The monoisotopic (exact) mass is 328 g/mol. The first-order valence-electron chi connectivity index (χ1n) is 6.33. The van der Waals surface area contributed by atoms with E-state index in [0.717, 1.165) is 6.04 Å². The van der Waals surface area contributed by atoms with Crippen LogP contribution in [0.3, 0.4) is 0 Å². The molecule has 3 nitrogen and oxygen atoms in total. The summed E-state index contributed by atoms with van der Waals surface area (Å²) >= 11 is 5.59. The molecule has 0 unspecified atom stereocenters. The van der Waals surface area contributed by atoms with Gasteiger partial charge >= 0.3 is 6.18 Å². The van der Waals surface area contributed by atoms with Crippen molar-refractivity contribution in [1.29, 1.82) is 0 Å². The summed E-state index contributed by atoms with van der Waals surface area (Å²) in [5.41, 5.74) is -0.493. The number of halogens is 4. The molecule has 0 atom stereocenters. The van der Waals surface area contributed by atoms with Crippen LogP contribution < -0.4 is 0 Å². The lowest BCUT2D eigenvalue weighted by atomic mass is 10.2. The second kappa shape index (κ2) is 6.49. The van der Waals surface area contributed by atoms with Crippen molar-refractivity contribution in [2.75, 3.05) is 6.61 Å². The van der Waals surface area contributed by atoms with Gasteiger partial charge in [0, 0.05) is 25.9 Å². The summed E-state index contributed by atoms with van der Waals surface area (Å²) in [6.45, 7) is 8.76. The summed E-state index contributed by atoms with van der Waals surface area (Å²) in [5, 5.41) is 3.58. The Labute approximate surface area is 123 Å². The third-order valence-electron chi connectivity index (χ3n) is 2.94. The summed E-state index contributed by atoms with van der Waals surface area (Å²) in [4.78, 5) is 0. The average molecular weight is 329 g/mol. The van der Waals surface area contributed by atoms with Crippen molar-refractivity contribution in [1.82, 2.24) is 9.78 Å². The molecule has 0 N–H and O–H groups in total. The molecule has 0 bridgehead atoms. The highest BCUT2D eigenvalue weighted by molar-refractivity contribution is 6.76. The average Bonchev–Trinajstić information content (AvgIpc) is 2.60. The van der Waals surface area contributed by atoms with Crippen LogP contribution in [0.4, 0.5) is 13.2 Å². The van der Waals surface area contributed by atoms with Crippen LogP contribution in [0, 0.1) is 6.92 Å². The Morgan fingerprint density at radius 1 is 1.30 bits per heavy atom. The largest absolute Gasteiger partial charge is 0.435 e. The van der Waals surface area contributed by atoms with Gasteiger partial charge in [0.15, 0.2) is 5.69 Å². The molecule has 20 heavy (non-hydrogen) atoms. The van der Waals surface area contributed by atoms with Crippen LogP contribution in [0.15, 0.2) is 0 Å². The quantitative estimate of drug-likeness (QED) is 0.443. The van der Waals surface area contributed by atoms with Crippen LogP contribution >= 0.6 is 11.6 Å². The minimum Gasteiger partial charge on any atom is -0.360 e. The smallest absolute Gasteiger partial charge is 0.360 e. The highest BCUT2D eigenvalue weighted by atomic mass is 35.5. The number of nitrogens with zero attached hydrogens (tertiary/aromatic N) is 2. The molecule has 1 aromatic rings. The molecule has 0 fully saturated rings. The van der Waals surface area contributed by atoms with E-state index in [-0.39, 0.29) is 18.2 Å². The Bertz CT molecular complexity index is 455. The molecular formula is C12H20ClF3N2OSi. The maximum Gasteiger partial charge on any atom is 0.435 e. The topological polar surface area (TPSA) is 27.1 Å². The highest BCUT2D eigenvalue weighted by Crippen LogP contribution is 2.33. The predicted octanol–water partition coefficient (Wildman–Crippen LogP) is 4.26. The van der Waals surface area contributed by atoms with Crippen molar-refractivity contribution in [3.63, 3.8) is 0 Å². The van der Waals surface area contributed by atoms with Crippen LogP contribution in [-0.2, 0) is 23.5 Å². The molecule has 0 aliphatic heterocycles. The fourth-order valence-electron chi connectivity index (χ4n) is 1.63. The van der Waals surface area contributed by atoms with Crippen LogP contribution in [0.5, 0.6) is 0 Å². The maximum atomic E-state index is 12.8. The fraction of sp³-hybridized carbons (Fsp3) is 0.750. The van der Waals surface area contributed by atoms with E-state index in [1.165, 1.54) is 4.68 Å². The van der Waals surface area contributed by atoms with Gasteiger partial charge in [0.25, 0.3) is 0 Å². The number of alkyl halides is 4. The summed E-state index contributed by atoms with van der Waals surface area (Å²) in [7, 11) is -1.21. The number of ether oxygens (including phenoxy) is 1. The Morgan fingerprint density at radius 2 is 1.90 bits per heavy atom. The van der Waals surface area contributed by atoms with E-state index in [2.05, 4.69) is 24.7 Å². The minimum atomic E-state index is -4.49. The van der Waals surface area contributed by atoms with Crippen molar-refractivity contribution in [3.05, 3.63) is 17.0 Å². The van der Waals surface area contributed by atoms with Gasteiger partial charge in [-0.15, -0.1) is 11.6 Å². The molecule has 0 saturated heterocycles. The van der Waals surface area contributed by atoms with Gasteiger partial charge in [0.05, 0.1) is 5.88 Å². The molecule has 0 aromatic carbocycles. The van der Waals surface area contributed by atoms with E-state index < -0.39 is 19.9 Å². The second-order valence-electron chi connectivity index (χ2n) is 5.89. The molecular weight excluding hydrogens is 309 g/mol. The van der Waals surface area contributed by atoms with Gasteiger partial charge in [-0.05, 0) is 13.0 Å². The van der Waals surface area contributed by atoms with Gasteiger partial charge in [0.2, 0.25) is 0 Å². The Kier molecular flexibility index (Phi) is 5.68. The van der Waals surface area contributed by atoms with Gasteiger partial charge in [-0.3, -0.25) is 0 Å². The van der Waals surface area contributed by atoms with E-state index in [9.17, 15) is 13.2 Å². The van der Waals surface area contributed by atoms with E-state index in [0.29, 0.717) is 12.3 Å². The van der Waals surface area contributed by atoms with Crippen molar-refractivity contribution in [3.8, 4) is 0 Å². The first kappa shape index (κ1) is 17.5. The SMILES string of the molecule is Cc1c(CCl)c(C(F)(F)F)nn1COCC[Si](C)(C)C. The Balaban J connectivity index is 2.75. The van der Waals surface area contributed by atoms with E-state index in [1.54, 1.807) is 6.92 Å². The second-order valence-corrected chi connectivity index (χ2v) is 11.8. The lowest BCUT2D eigenvalue weighted by Gasteiger charge is -2.15. The maximum absolute atomic E-state index is 12.8. The van der Waals surface area contributed by atoms with E-state index in [1.807, 2.05) is 0 Å². The molecule has 0 spiro atoms. The predicted molar refractivity (Wildman–Crippen MR) is 75.6 cm³/mol. The zero-order chi connectivity index (χ0) is 15.6. The molecule has 8 heteroatoms. The first-order chi connectivity index (χ1) is 9.06. The molecule has 0 radical (unpaired) electrons. The van der Waals surface area contributed by atoms with Gasteiger partial charge < -0.3 is 4.74 Å². The standard InChI is InChI=1S/C12H20ClF3N2OSi/c1-9-10(7-13)11(12(14,15)16)17-18(9)8-19-5-6-20(2,3)4/h5-8H2,1-4H3. The fourth-order valence-corrected chi connectivity index (χ4v) is 2.70. The van der Waals surface area contributed by atoms with Crippen molar-refractivity contribution < 1.29 is 17.9 Å². The summed E-state index contributed by atoms with van der Waals surface area (Å²) in [5.74, 6) is -0.213. The van der Waals surface area contributed by atoms with Gasteiger partial charge in [-0.25, -0.2) is 4.68 Å². The van der Waals surface area contributed by atoms with Crippen LogP contribution in [0.1, 0.15) is 17.0 Å². The molecule has 1 rings (SSSR count). The molecule has 0 amide bonds. The zero-order valence-corrected chi connectivity index (χ0v) is 13.9. The third-order valence-corrected chi connectivity index (χ3v) is 4.91. The van der Waals surface area contributed by atoms with Crippen molar-refractivity contribution in [2.45, 2.75) is 51.4 Å². The van der Waals surface area contributed by atoms with Crippen LogP contribution in [-0.4, -0.2) is 24.5 Å². The van der Waals surface area contributed by atoms with Crippen molar-refractivity contribution in [2.24, 2.45) is 0 Å². The number of rotatable bonds is 6. The molecule has 0 aliphatic rings. The summed E-state index contributed by atoms with van der Waals surface area (Å²) in [6.07, 6.45) is -4.49. The van der Waals surface area contributed by atoms with Gasteiger partial charge in [0.1, 0.15) is 6.73 Å². The number of aromatic nitrogens is 2. The molecule has 1 aromatic heterocycles. The van der Waals surface area contributed by atoms with Crippen LogP contribution in [0.25, 0.3) is 0 Å². The summed E-state index contributed by atoms with van der Waals surface area (Å²) in [6, 6.07) is 0.960. The molecule has 116 valence electrons. The number of hydrogen-bond acceptors (Lipinski definition) is 2. The molecule has 0 aliphatic carbocycles. The minimum absolute atomic E-state index is 0.0213. The Hall–Kier alpha value is -0.533. The number of hydrogen-bond donors (Lipinski definition) is 0. The van der Waals surface area contributed by atoms with Gasteiger partial charge in [-0.1, -0.05) is 19.6 Å². The normalized spacial score (nSPS) is 13.0. The Morgan fingerprint density at radius 3 is 2.30 bits per heavy atom. The van der Waals surface area contributed by atoms with E-state index >= 15 is 0 Å². The lowest BCUT2D eigenvalue weighted by molar-refractivity contribution is -0.142. The zero-order valence-electron chi connectivity index (χ0n) is 12.1. The highest BCUT2D eigenvalue weighted by Gasteiger charge is 2.38. The molecule has 1 heterocycles. The van der Waals surface area contributed by atoms with Crippen LogP contribution in [0.2, 0.25) is 25.7 Å². The lowest BCUT2D eigenvalue weighted by Crippen LogP contribution is -2.22. The van der Waals surface area contributed by atoms with Crippen molar-refractivity contribution >= 4 is 19.7 Å². The van der Waals surface area contributed by atoms with Gasteiger partial charge in [-0.2, -0.15) is 18.3 Å². The summed E-state index contributed by atoms with van der Waals surface area (Å²) < 4.78 is 45.1. The molecule has 0 saturated carbocycles.